The minimum atomic E-state index is 0.212. The van der Waals surface area contributed by atoms with E-state index in [9.17, 15) is 0 Å². The maximum Gasteiger partial charge on any atom is 0.115 e. The summed E-state index contributed by atoms with van der Waals surface area (Å²) in [5.41, 5.74) is 8.24. The summed E-state index contributed by atoms with van der Waals surface area (Å²) < 4.78 is 0. The summed E-state index contributed by atoms with van der Waals surface area (Å²) in [5.74, 6) is 0.605. The van der Waals surface area contributed by atoms with Gasteiger partial charge in [0.05, 0.1) is 22.6 Å². The van der Waals surface area contributed by atoms with E-state index in [0.717, 1.165) is 27.5 Å². The molecule has 94 valence electrons. The summed E-state index contributed by atoms with van der Waals surface area (Å²) in [5, 5.41) is 2.16. The van der Waals surface area contributed by atoms with Crippen molar-refractivity contribution in [2.75, 3.05) is 5.88 Å². The molecule has 2 N–H and O–H groups in total. The molecule has 4 heteroatoms. The predicted octanol–water partition coefficient (Wildman–Crippen LogP) is 3.62. The average Bonchev–Trinajstić information content (AvgIpc) is 2.45. The van der Waals surface area contributed by atoms with Crippen LogP contribution in [0.25, 0.3) is 21.8 Å². The van der Waals surface area contributed by atoms with Gasteiger partial charge in [-0.25, -0.2) is 9.98 Å². The number of aromatic nitrogens is 1. The van der Waals surface area contributed by atoms with Crippen molar-refractivity contribution in [2.45, 2.75) is 0 Å². The number of fused-ring (bicyclic) bond motifs is 2. The van der Waals surface area contributed by atoms with Crippen molar-refractivity contribution < 1.29 is 0 Å². The number of benzene rings is 2. The van der Waals surface area contributed by atoms with Crippen LogP contribution in [0.2, 0.25) is 0 Å². The number of aliphatic imine (C=N–C) groups is 1. The van der Waals surface area contributed by atoms with Crippen molar-refractivity contribution in [3.63, 3.8) is 0 Å². The Hall–Kier alpha value is -2.13. The molecule has 3 nitrogen and oxygen atoms in total. The van der Waals surface area contributed by atoms with Crippen molar-refractivity contribution in [3.05, 3.63) is 48.5 Å². The van der Waals surface area contributed by atoms with Gasteiger partial charge in [-0.3, -0.25) is 0 Å². The summed E-state index contributed by atoms with van der Waals surface area (Å²) in [7, 11) is 0. The fourth-order valence-electron chi connectivity index (χ4n) is 2.06. The topological polar surface area (TPSA) is 51.3 Å². The lowest BCUT2D eigenvalue weighted by Gasteiger charge is -2.04. The van der Waals surface area contributed by atoms with E-state index in [1.165, 1.54) is 0 Å². The molecular weight excluding hydrogens is 258 g/mol. The van der Waals surface area contributed by atoms with E-state index in [0.29, 0.717) is 5.84 Å². The highest BCUT2D eigenvalue weighted by molar-refractivity contribution is 6.28. The average molecular weight is 270 g/mol. The Kier molecular flexibility index (Phi) is 3.05. The third-order valence-electron chi connectivity index (χ3n) is 2.93. The highest BCUT2D eigenvalue weighted by atomic mass is 35.5. The maximum absolute atomic E-state index is 5.70. The Morgan fingerprint density at radius 1 is 1.11 bits per heavy atom. The molecule has 0 aliphatic heterocycles. The second kappa shape index (κ2) is 4.86. The molecule has 1 aromatic heterocycles. The maximum atomic E-state index is 5.70. The van der Waals surface area contributed by atoms with E-state index < -0.39 is 0 Å². The van der Waals surface area contributed by atoms with Crippen molar-refractivity contribution >= 4 is 44.9 Å². The van der Waals surface area contributed by atoms with Crippen LogP contribution in [0, 0.1) is 0 Å². The van der Waals surface area contributed by atoms with Crippen molar-refractivity contribution in [2.24, 2.45) is 10.7 Å². The zero-order valence-electron chi connectivity index (χ0n) is 10.2. The standard InChI is InChI=1S/C15H12ClN3/c16-9-14(17)18-13-7-3-5-11-8-10-4-1-2-6-12(10)19-15(11)13/h1-8H,9H2,(H2,17,18). The third kappa shape index (κ3) is 2.25. The van der Waals surface area contributed by atoms with Crippen LogP contribution < -0.4 is 5.73 Å². The van der Waals surface area contributed by atoms with Crippen LogP contribution in [0.4, 0.5) is 5.69 Å². The molecule has 0 atom stereocenters. The van der Waals surface area contributed by atoms with E-state index in [1.807, 2.05) is 42.5 Å². The number of nitrogens with zero attached hydrogens (tertiary/aromatic N) is 2. The number of hydrogen-bond acceptors (Lipinski definition) is 2. The minimum absolute atomic E-state index is 0.212. The number of hydrogen-bond donors (Lipinski definition) is 1. The second-order valence-electron chi connectivity index (χ2n) is 4.27. The normalized spacial score (nSPS) is 12.2. The molecule has 2 aromatic carbocycles. The molecule has 1 heterocycles. The number of nitrogens with two attached hydrogens (primary N) is 1. The molecule has 0 aliphatic carbocycles. The molecule has 0 bridgehead atoms. The molecule has 3 aromatic rings. The zero-order chi connectivity index (χ0) is 13.2. The van der Waals surface area contributed by atoms with Crippen molar-refractivity contribution in [3.8, 4) is 0 Å². The van der Waals surface area contributed by atoms with Gasteiger partial charge in [-0.1, -0.05) is 30.3 Å². The summed E-state index contributed by atoms with van der Waals surface area (Å²) in [6.45, 7) is 0. The van der Waals surface area contributed by atoms with Crippen LogP contribution in [0.5, 0.6) is 0 Å². The molecule has 0 aliphatic rings. The fraction of sp³-hybridized carbons (Fsp3) is 0.0667. The van der Waals surface area contributed by atoms with Crippen LogP contribution >= 0.6 is 11.6 Å². The van der Waals surface area contributed by atoms with Gasteiger partial charge in [-0.05, 0) is 18.2 Å². The van der Waals surface area contributed by atoms with Crippen LogP contribution in [0.15, 0.2) is 53.5 Å². The molecule has 0 amide bonds. The Labute approximate surface area is 115 Å². The van der Waals surface area contributed by atoms with Gasteiger partial charge < -0.3 is 5.73 Å². The van der Waals surface area contributed by atoms with Crippen molar-refractivity contribution in [1.82, 2.24) is 4.98 Å². The Morgan fingerprint density at radius 2 is 1.89 bits per heavy atom. The van der Waals surface area contributed by atoms with E-state index in [-0.39, 0.29) is 5.88 Å². The van der Waals surface area contributed by atoms with E-state index in [1.54, 1.807) is 0 Å². The van der Waals surface area contributed by atoms with Gasteiger partial charge in [0.1, 0.15) is 5.84 Å². The number of alkyl halides is 1. The quantitative estimate of drug-likeness (QED) is 0.334. The molecule has 0 spiro atoms. The van der Waals surface area contributed by atoms with Crippen LogP contribution in [0.3, 0.4) is 0 Å². The summed E-state index contributed by atoms with van der Waals surface area (Å²) >= 11 is 5.67. The first-order chi connectivity index (χ1) is 9.28. The van der Waals surface area contributed by atoms with Crippen molar-refractivity contribution in [1.29, 1.82) is 0 Å². The minimum Gasteiger partial charge on any atom is -0.386 e. The monoisotopic (exact) mass is 269 g/mol. The number of halogens is 1. The predicted molar refractivity (Wildman–Crippen MR) is 81.3 cm³/mol. The number of rotatable bonds is 2. The molecular formula is C15H12ClN3. The van der Waals surface area contributed by atoms with E-state index >= 15 is 0 Å². The molecule has 3 rings (SSSR count). The SMILES string of the molecule is NC(CCl)=Nc1cccc2cc3ccccc3nc12. The summed E-state index contributed by atoms with van der Waals surface area (Å²) in [4.78, 5) is 8.97. The van der Waals surface area contributed by atoms with Crippen LogP contribution in [-0.4, -0.2) is 16.7 Å². The van der Waals surface area contributed by atoms with E-state index in [2.05, 4.69) is 16.0 Å². The molecule has 0 radical (unpaired) electrons. The van der Waals surface area contributed by atoms with Gasteiger partial charge in [0.15, 0.2) is 0 Å². The fourth-order valence-corrected chi connectivity index (χ4v) is 2.12. The first-order valence-corrected chi connectivity index (χ1v) is 6.49. The zero-order valence-corrected chi connectivity index (χ0v) is 10.9. The van der Waals surface area contributed by atoms with Crippen LogP contribution in [0.1, 0.15) is 0 Å². The summed E-state index contributed by atoms with van der Waals surface area (Å²) in [6, 6.07) is 16.0. The van der Waals surface area contributed by atoms with Gasteiger partial charge in [0, 0.05) is 10.8 Å². The smallest absolute Gasteiger partial charge is 0.115 e. The highest BCUT2D eigenvalue weighted by Gasteiger charge is 2.04. The first-order valence-electron chi connectivity index (χ1n) is 5.95. The lowest BCUT2D eigenvalue weighted by atomic mass is 10.1. The highest BCUT2D eigenvalue weighted by Crippen LogP contribution is 2.27. The molecule has 0 saturated heterocycles. The number of pyridine rings is 1. The summed E-state index contributed by atoms with van der Waals surface area (Å²) in [6.07, 6.45) is 0. The number of amidine groups is 1. The molecule has 0 fully saturated rings. The Bertz CT molecular complexity index is 781. The third-order valence-corrected chi connectivity index (χ3v) is 3.20. The molecule has 0 unspecified atom stereocenters. The van der Waals surface area contributed by atoms with Crippen LogP contribution in [-0.2, 0) is 0 Å². The number of para-hydroxylation sites is 2. The largest absolute Gasteiger partial charge is 0.386 e. The Morgan fingerprint density at radius 3 is 2.74 bits per heavy atom. The lowest BCUT2D eigenvalue weighted by Crippen LogP contribution is -2.12. The van der Waals surface area contributed by atoms with Gasteiger partial charge >= 0.3 is 0 Å². The van der Waals surface area contributed by atoms with Gasteiger partial charge in [-0.15, -0.1) is 11.6 Å². The van der Waals surface area contributed by atoms with Gasteiger partial charge in [-0.2, -0.15) is 0 Å². The molecule has 0 saturated carbocycles. The second-order valence-corrected chi connectivity index (χ2v) is 4.53. The lowest BCUT2D eigenvalue weighted by molar-refractivity contribution is 1.43. The first kappa shape index (κ1) is 11.9. The Balaban J connectivity index is 2.32. The molecule has 19 heavy (non-hydrogen) atoms. The van der Waals surface area contributed by atoms with E-state index in [4.69, 9.17) is 17.3 Å². The van der Waals surface area contributed by atoms with Gasteiger partial charge in [0.2, 0.25) is 0 Å². The van der Waals surface area contributed by atoms with Gasteiger partial charge in [0.25, 0.3) is 0 Å².